The third kappa shape index (κ3) is 4.11. The van der Waals surface area contributed by atoms with Crippen LogP contribution in [0.15, 0.2) is 41.8 Å². The van der Waals surface area contributed by atoms with Gasteiger partial charge in [0.1, 0.15) is 0 Å². The smallest absolute Gasteiger partial charge is 0.220 e. The predicted octanol–water partition coefficient (Wildman–Crippen LogP) is 2.93. The average molecular weight is 277 g/mol. The summed E-state index contributed by atoms with van der Waals surface area (Å²) in [6.45, 7) is 4.73. The van der Waals surface area contributed by atoms with Gasteiger partial charge in [-0.25, -0.2) is 0 Å². The van der Waals surface area contributed by atoms with Crippen LogP contribution in [-0.4, -0.2) is 24.9 Å². The molecule has 0 aromatic heterocycles. The van der Waals surface area contributed by atoms with Crippen LogP contribution in [0.3, 0.4) is 0 Å². The summed E-state index contributed by atoms with van der Waals surface area (Å²) in [5.74, 6) is 1.03. The summed E-state index contributed by atoms with van der Waals surface area (Å²) in [4.78, 5) is 13.1. The second kappa shape index (κ2) is 7.36. The minimum absolute atomic E-state index is 0.101. The molecule has 1 amide bonds. The Kier molecular flexibility index (Phi) is 5.48. The van der Waals surface area contributed by atoms with Crippen LogP contribution in [0.1, 0.15) is 24.4 Å². The number of benzene rings is 1. The van der Waals surface area contributed by atoms with Gasteiger partial charge in [-0.05, 0) is 18.1 Å². The van der Waals surface area contributed by atoms with Crippen molar-refractivity contribution >= 4 is 17.7 Å². The quantitative estimate of drug-likeness (QED) is 0.615. The van der Waals surface area contributed by atoms with Crippen molar-refractivity contribution in [3.63, 3.8) is 0 Å². The van der Waals surface area contributed by atoms with Gasteiger partial charge in [0.05, 0.1) is 12.6 Å². The maximum Gasteiger partial charge on any atom is 0.220 e. The lowest BCUT2D eigenvalue weighted by Gasteiger charge is -2.13. The molecular formula is C15H19NO2S. The summed E-state index contributed by atoms with van der Waals surface area (Å²) in [5.41, 5.74) is 1.24. The van der Waals surface area contributed by atoms with Gasteiger partial charge in [0, 0.05) is 23.7 Å². The molecule has 0 radical (unpaired) electrons. The van der Waals surface area contributed by atoms with E-state index >= 15 is 0 Å². The number of fused-ring (bicyclic) bond motifs is 1. The summed E-state index contributed by atoms with van der Waals surface area (Å²) >= 11 is 1.80. The minimum Gasteiger partial charge on any atom is -0.377 e. The topological polar surface area (TPSA) is 38.3 Å². The summed E-state index contributed by atoms with van der Waals surface area (Å²) in [5, 5.41) is 3.09. The summed E-state index contributed by atoms with van der Waals surface area (Å²) < 4.78 is 5.26. The first-order valence-corrected chi connectivity index (χ1v) is 7.49. The van der Waals surface area contributed by atoms with Gasteiger partial charge in [-0.15, -0.1) is 18.3 Å². The molecule has 0 fully saturated rings. The lowest BCUT2D eigenvalue weighted by molar-refractivity contribution is -0.122. The van der Waals surface area contributed by atoms with Crippen LogP contribution in [0.4, 0.5) is 0 Å². The molecule has 1 heterocycles. The number of nitrogens with one attached hydrogen (secondary N) is 1. The Labute approximate surface area is 118 Å². The number of rotatable bonds is 7. The van der Waals surface area contributed by atoms with Crippen LogP contribution in [0.2, 0.25) is 0 Å². The first-order chi connectivity index (χ1) is 9.31. The lowest BCUT2D eigenvalue weighted by atomic mass is 10.1. The van der Waals surface area contributed by atoms with Gasteiger partial charge in [0.2, 0.25) is 5.91 Å². The fraction of sp³-hybridized carbons (Fsp3) is 0.400. The first-order valence-electron chi connectivity index (χ1n) is 6.51. The zero-order chi connectivity index (χ0) is 13.5. The van der Waals surface area contributed by atoms with Gasteiger partial charge in [0.25, 0.3) is 0 Å². The Morgan fingerprint density at radius 1 is 1.53 bits per heavy atom. The largest absolute Gasteiger partial charge is 0.377 e. The number of carbonyl (C=O) groups is 1. The lowest BCUT2D eigenvalue weighted by Crippen LogP contribution is -2.28. The van der Waals surface area contributed by atoms with Crippen LogP contribution < -0.4 is 5.32 Å². The molecule has 4 heteroatoms. The highest BCUT2D eigenvalue weighted by Crippen LogP contribution is 2.37. The van der Waals surface area contributed by atoms with Crippen molar-refractivity contribution in [2.24, 2.45) is 0 Å². The maximum atomic E-state index is 11.8. The highest BCUT2D eigenvalue weighted by atomic mass is 32.2. The maximum absolute atomic E-state index is 11.8. The number of hydrogen-bond donors (Lipinski definition) is 1. The summed E-state index contributed by atoms with van der Waals surface area (Å²) in [6, 6.07) is 8.41. The van der Waals surface area contributed by atoms with E-state index in [1.807, 2.05) is 12.1 Å². The molecule has 0 saturated carbocycles. The molecule has 0 saturated heterocycles. The molecule has 1 aliphatic heterocycles. The van der Waals surface area contributed by atoms with Gasteiger partial charge >= 0.3 is 0 Å². The van der Waals surface area contributed by atoms with E-state index in [-0.39, 0.29) is 11.9 Å². The van der Waals surface area contributed by atoms with Crippen molar-refractivity contribution in [3.05, 3.63) is 42.5 Å². The van der Waals surface area contributed by atoms with Crippen LogP contribution in [0, 0.1) is 0 Å². The fourth-order valence-corrected chi connectivity index (χ4v) is 3.21. The Bertz CT molecular complexity index is 448. The monoisotopic (exact) mass is 277 g/mol. The molecule has 19 heavy (non-hydrogen) atoms. The molecule has 1 aromatic carbocycles. The highest BCUT2D eigenvalue weighted by Gasteiger charge is 2.23. The third-order valence-corrected chi connectivity index (χ3v) is 4.15. The van der Waals surface area contributed by atoms with Crippen molar-refractivity contribution < 1.29 is 9.53 Å². The standard InChI is InChI=1S/C15H19NO2S/c1-2-9-18-10-5-8-15(17)16-13-11-19-14-7-4-3-6-12(13)14/h2-4,6-7,13H,1,5,8-11H2,(H,16,17). The predicted molar refractivity (Wildman–Crippen MR) is 78.3 cm³/mol. The zero-order valence-corrected chi connectivity index (χ0v) is 11.7. The van der Waals surface area contributed by atoms with E-state index in [1.165, 1.54) is 10.5 Å². The summed E-state index contributed by atoms with van der Waals surface area (Å²) in [7, 11) is 0. The van der Waals surface area contributed by atoms with E-state index in [0.29, 0.717) is 19.6 Å². The van der Waals surface area contributed by atoms with Crippen molar-refractivity contribution in [1.29, 1.82) is 0 Å². The van der Waals surface area contributed by atoms with E-state index in [2.05, 4.69) is 24.0 Å². The van der Waals surface area contributed by atoms with Crippen LogP contribution in [-0.2, 0) is 9.53 Å². The third-order valence-electron chi connectivity index (χ3n) is 2.96. The molecule has 0 aliphatic carbocycles. The molecule has 0 bridgehead atoms. The van der Waals surface area contributed by atoms with E-state index in [4.69, 9.17) is 4.74 Å². The molecule has 1 N–H and O–H groups in total. The van der Waals surface area contributed by atoms with Gasteiger partial charge in [0.15, 0.2) is 0 Å². The Morgan fingerprint density at radius 3 is 3.21 bits per heavy atom. The molecule has 1 atom stereocenters. The van der Waals surface area contributed by atoms with E-state index < -0.39 is 0 Å². The number of ether oxygens (including phenoxy) is 1. The van der Waals surface area contributed by atoms with Crippen molar-refractivity contribution in [2.75, 3.05) is 19.0 Å². The molecule has 1 aromatic rings. The number of hydrogen-bond acceptors (Lipinski definition) is 3. The molecule has 0 spiro atoms. The molecular weight excluding hydrogens is 258 g/mol. The van der Waals surface area contributed by atoms with E-state index in [9.17, 15) is 4.79 Å². The van der Waals surface area contributed by atoms with Crippen LogP contribution >= 0.6 is 11.8 Å². The fourth-order valence-electron chi connectivity index (χ4n) is 2.05. The highest BCUT2D eigenvalue weighted by molar-refractivity contribution is 7.99. The zero-order valence-electron chi connectivity index (χ0n) is 10.9. The molecule has 2 rings (SSSR count). The van der Waals surface area contributed by atoms with Crippen molar-refractivity contribution in [1.82, 2.24) is 5.32 Å². The second-order valence-electron chi connectivity index (χ2n) is 4.44. The Morgan fingerprint density at radius 2 is 2.37 bits per heavy atom. The average Bonchev–Trinajstić information content (AvgIpc) is 2.82. The number of thioether (sulfide) groups is 1. The van der Waals surface area contributed by atoms with Gasteiger partial charge in [-0.3, -0.25) is 4.79 Å². The Balaban J connectivity index is 1.73. The van der Waals surface area contributed by atoms with Gasteiger partial charge in [-0.1, -0.05) is 24.3 Å². The second-order valence-corrected chi connectivity index (χ2v) is 5.50. The minimum atomic E-state index is 0.101. The van der Waals surface area contributed by atoms with Crippen LogP contribution in [0.5, 0.6) is 0 Å². The van der Waals surface area contributed by atoms with E-state index in [0.717, 1.165) is 12.2 Å². The summed E-state index contributed by atoms with van der Waals surface area (Å²) in [6.07, 6.45) is 2.98. The molecule has 102 valence electrons. The van der Waals surface area contributed by atoms with Gasteiger partial charge < -0.3 is 10.1 Å². The number of carbonyl (C=O) groups excluding carboxylic acids is 1. The van der Waals surface area contributed by atoms with Gasteiger partial charge in [-0.2, -0.15) is 0 Å². The molecule has 1 aliphatic rings. The normalized spacial score (nSPS) is 16.9. The number of amides is 1. The van der Waals surface area contributed by atoms with Crippen LogP contribution in [0.25, 0.3) is 0 Å². The van der Waals surface area contributed by atoms with E-state index in [1.54, 1.807) is 17.8 Å². The Hall–Kier alpha value is -1.26. The van der Waals surface area contributed by atoms with Crippen molar-refractivity contribution in [2.45, 2.75) is 23.8 Å². The molecule has 3 nitrogen and oxygen atoms in total. The first kappa shape index (κ1) is 14.2. The SMILES string of the molecule is C=CCOCCCC(=O)NC1CSc2ccccc21. The molecule has 1 unspecified atom stereocenters. The van der Waals surface area contributed by atoms with Crippen molar-refractivity contribution in [3.8, 4) is 0 Å².